The summed E-state index contributed by atoms with van der Waals surface area (Å²) in [6.45, 7) is 2.23. The minimum absolute atomic E-state index is 0.117. The summed E-state index contributed by atoms with van der Waals surface area (Å²) in [5.41, 5.74) is 0.833. The minimum Gasteiger partial charge on any atom is -0.373 e. The van der Waals surface area contributed by atoms with E-state index in [4.69, 9.17) is 0 Å². The number of amides is 2. The van der Waals surface area contributed by atoms with E-state index in [9.17, 15) is 9.59 Å². The quantitative estimate of drug-likeness (QED) is 0.863. The molecule has 0 spiro atoms. The predicted molar refractivity (Wildman–Crippen MR) is 76.2 cm³/mol. The fourth-order valence-corrected chi connectivity index (χ4v) is 2.56. The Kier molecular flexibility index (Phi) is 3.10. The van der Waals surface area contributed by atoms with Gasteiger partial charge in [0.15, 0.2) is 0 Å². The Morgan fingerprint density at radius 3 is 2.95 bits per heavy atom. The minimum atomic E-state index is -0.478. The third-order valence-corrected chi connectivity index (χ3v) is 3.57. The number of aromatic nitrogens is 1. The Hall–Kier alpha value is -2.43. The molecule has 2 aromatic rings. The van der Waals surface area contributed by atoms with Crippen molar-refractivity contribution in [2.45, 2.75) is 19.4 Å². The Morgan fingerprint density at radius 1 is 1.35 bits per heavy atom. The Morgan fingerprint density at radius 2 is 2.20 bits per heavy atom. The number of carbonyl (C=O) groups is 2. The number of pyridine rings is 1. The summed E-state index contributed by atoms with van der Waals surface area (Å²) in [4.78, 5) is 29.3. The van der Waals surface area contributed by atoms with Crippen LogP contribution >= 0.6 is 0 Å². The number of carbonyl (C=O) groups excluding carboxylic acids is 2. The summed E-state index contributed by atoms with van der Waals surface area (Å²) in [6.07, 6.45) is 3.70. The number of benzene rings is 1. The van der Waals surface area contributed by atoms with E-state index in [1.165, 1.54) is 4.90 Å². The van der Waals surface area contributed by atoms with Gasteiger partial charge < -0.3 is 5.32 Å². The van der Waals surface area contributed by atoms with Crippen molar-refractivity contribution in [2.24, 2.45) is 0 Å². The molecular weight excluding hydrogens is 254 g/mol. The van der Waals surface area contributed by atoms with Gasteiger partial charge in [0, 0.05) is 30.0 Å². The largest absolute Gasteiger partial charge is 0.373 e. The standard InChI is InChI=1S/C15H15N3O2/c1-2-18-14(19)8-13(15(18)20)17-12-5-3-4-10-6-7-16-9-11(10)12/h3-7,9,13,17H,2,8H2,1H3. The van der Waals surface area contributed by atoms with E-state index in [0.717, 1.165) is 16.5 Å². The van der Waals surface area contributed by atoms with Gasteiger partial charge in [0.05, 0.1) is 6.42 Å². The van der Waals surface area contributed by atoms with E-state index in [2.05, 4.69) is 10.3 Å². The van der Waals surface area contributed by atoms with Gasteiger partial charge in [-0.25, -0.2) is 0 Å². The molecule has 5 nitrogen and oxygen atoms in total. The molecule has 1 aliphatic heterocycles. The lowest BCUT2D eigenvalue weighted by molar-refractivity contribution is -0.138. The summed E-state index contributed by atoms with van der Waals surface area (Å²) in [6, 6.07) is 7.25. The number of rotatable bonds is 3. The molecule has 1 saturated heterocycles. The number of nitrogens with one attached hydrogen (secondary N) is 1. The van der Waals surface area contributed by atoms with Crippen LogP contribution in [0.2, 0.25) is 0 Å². The maximum absolute atomic E-state index is 12.1. The highest BCUT2D eigenvalue weighted by Crippen LogP contribution is 2.25. The first-order valence-electron chi connectivity index (χ1n) is 6.64. The third kappa shape index (κ3) is 2.01. The number of nitrogens with zero attached hydrogens (tertiary/aromatic N) is 2. The van der Waals surface area contributed by atoms with Crippen molar-refractivity contribution in [2.75, 3.05) is 11.9 Å². The molecule has 5 heteroatoms. The normalized spacial score (nSPS) is 18.9. The maximum atomic E-state index is 12.1. The summed E-state index contributed by atoms with van der Waals surface area (Å²) in [5.74, 6) is -0.272. The second-order valence-electron chi connectivity index (χ2n) is 4.78. The van der Waals surface area contributed by atoms with Crippen molar-refractivity contribution < 1.29 is 9.59 Å². The molecule has 0 bridgehead atoms. The summed E-state index contributed by atoms with van der Waals surface area (Å²) < 4.78 is 0. The molecule has 2 amide bonds. The number of imide groups is 1. The van der Waals surface area contributed by atoms with Crippen LogP contribution in [0.3, 0.4) is 0 Å². The zero-order chi connectivity index (χ0) is 14.1. The fraction of sp³-hybridized carbons (Fsp3) is 0.267. The number of likely N-dealkylation sites (N-methyl/N-ethyl adjacent to an activating group) is 1. The summed E-state index contributed by atoms with van der Waals surface area (Å²) >= 11 is 0. The summed E-state index contributed by atoms with van der Waals surface area (Å²) in [5, 5.41) is 5.18. The van der Waals surface area contributed by atoms with Gasteiger partial charge in [0.1, 0.15) is 6.04 Å². The molecule has 1 fully saturated rings. The Bertz CT molecular complexity index is 678. The molecule has 0 saturated carbocycles. The Balaban J connectivity index is 1.91. The number of hydrogen-bond acceptors (Lipinski definition) is 4. The molecule has 1 unspecified atom stereocenters. The molecule has 0 radical (unpaired) electrons. The van der Waals surface area contributed by atoms with Crippen LogP contribution in [-0.2, 0) is 9.59 Å². The lowest BCUT2D eigenvalue weighted by atomic mass is 10.1. The van der Waals surface area contributed by atoms with Gasteiger partial charge in [-0.1, -0.05) is 12.1 Å². The van der Waals surface area contributed by atoms with E-state index in [1.54, 1.807) is 19.3 Å². The molecule has 20 heavy (non-hydrogen) atoms. The van der Waals surface area contributed by atoms with Crippen LogP contribution in [0.5, 0.6) is 0 Å². The second kappa shape index (κ2) is 4.92. The van der Waals surface area contributed by atoms with Gasteiger partial charge in [-0.2, -0.15) is 0 Å². The average molecular weight is 269 g/mol. The van der Waals surface area contributed by atoms with Gasteiger partial charge in [-0.05, 0) is 24.4 Å². The molecule has 1 N–H and O–H groups in total. The molecule has 1 aromatic carbocycles. The number of fused-ring (bicyclic) bond motifs is 1. The molecule has 1 aliphatic rings. The van der Waals surface area contributed by atoms with E-state index >= 15 is 0 Å². The first kappa shape index (κ1) is 12.6. The molecule has 2 heterocycles. The zero-order valence-corrected chi connectivity index (χ0v) is 11.2. The van der Waals surface area contributed by atoms with Crippen molar-refractivity contribution in [3.8, 4) is 0 Å². The Labute approximate surface area is 116 Å². The lowest BCUT2D eigenvalue weighted by Crippen LogP contribution is -2.34. The van der Waals surface area contributed by atoms with E-state index in [0.29, 0.717) is 6.54 Å². The molecule has 102 valence electrons. The zero-order valence-electron chi connectivity index (χ0n) is 11.2. The van der Waals surface area contributed by atoms with E-state index < -0.39 is 6.04 Å². The van der Waals surface area contributed by atoms with E-state index in [-0.39, 0.29) is 18.2 Å². The molecule has 3 rings (SSSR count). The van der Waals surface area contributed by atoms with Crippen molar-refractivity contribution in [3.05, 3.63) is 36.7 Å². The second-order valence-corrected chi connectivity index (χ2v) is 4.78. The summed E-state index contributed by atoms with van der Waals surface area (Å²) in [7, 11) is 0. The lowest BCUT2D eigenvalue weighted by Gasteiger charge is -2.15. The van der Waals surface area contributed by atoms with Crippen molar-refractivity contribution in [3.63, 3.8) is 0 Å². The van der Waals surface area contributed by atoms with Crippen molar-refractivity contribution in [1.29, 1.82) is 0 Å². The highest BCUT2D eigenvalue weighted by molar-refractivity contribution is 6.07. The third-order valence-electron chi connectivity index (χ3n) is 3.57. The van der Waals surface area contributed by atoms with Gasteiger partial charge >= 0.3 is 0 Å². The van der Waals surface area contributed by atoms with Crippen molar-refractivity contribution in [1.82, 2.24) is 9.88 Å². The van der Waals surface area contributed by atoms with E-state index in [1.807, 2.05) is 24.3 Å². The van der Waals surface area contributed by atoms with Crippen LogP contribution in [-0.4, -0.2) is 34.3 Å². The molecular formula is C15H15N3O2. The number of likely N-dealkylation sites (tertiary alicyclic amines) is 1. The fourth-order valence-electron chi connectivity index (χ4n) is 2.56. The highest BCUT2D eigenvalue weighted by atomic mass is 16.2. The highest BCUT2D eigenvalue weighted by Gasteiger charge is 2.37. The van der Waals surface area contributed by atoms with Gasteiger partial charge in [-0.3, -0.25) is 19.5 Å². The van der Waals surface area contributed by atoms with Crippen LogP contribution in [0, 0.1) is 0 Å². The predicted octanol–water partition coefficient (Wildman–Crippen LogP) is 1.79. The van der Waals surface area contributed by atoms with Gasteiger partial charge in [0.25, 0.3) is 5.91 Å². The monoisotopic (exact) mass is 269 g/mol. The number of anilines is 1. The topological polar surface area (TPSA) is 62.3 Å². The van der Waals surface area contributed by atoms with Gasteiger partial charge in [-0.15, -0.1) is 0 Å². The van der Waals surface area contributed by atoms with Gasteiger partial charge in [0.2, 0.25) is 5.91 Å². The van der Waals surface area contributed by atoms with Crippen LogP contribution in [0.1, 0.15) is 13.3 Å². The maximum Gasteiger partial charge on any atom is 0.252 e. The average Bonchev–Trinajstić information content (AvgIpc) is 2.73. The molecule has 1 atom stereocenters. The SMILES string of the molecule is CCN1C(=O)CC(Nc2cccc3ccncc23)C1=O. The van der Waals surface area contributed by atoms with Crippen LogP contribution < -0.4 is 5.32 Å². The first-order valence-corrected chi connectivity index (χ1v) is 6.64. The molecule has 0 aliphatic carbocycles. The van der Waals surface area contributed by atoms with Crippen LogP contribution in [0.15, 0.2) is 36.7 Å². The molecule has 1 aromatic heterocycles. The van der Waals surface area contributed by atoms with Crippen LogP contribution in [0.25, 0.3) is 10.8 Å². The van der Waals surface area contributed by atoms with Crippen molar-refractivity contribution >= 4 is 28.3 Å². The first-order chi connectivity index (χ1) is 9.70. The van der Waals surface area contributed by atoms with Crippen LogP contribution in [0.4, 0.5) is 5.69 Å². The smallest absolute Gasteiger partial charge is 0.252 e. The number of hydrogen-bond donors (Lipinski definition) is 1.